The van der Waals surface area contributed by atoms with E-state index in [9.17, 15) is 0 Å². The predicted octanol–water partition coefficient (Wildman–Crippen LogP) is -0.248. The smallest absolute Gasteiger partial charge is 0.0230 e. The first-order valence-corrected chi connectivity index (χ1v) is 1.63. The van der Waals surface area contributed by atoms with Gasteiger partial charge in [0, 0.05) is 0 Å². The van der Waals surface area contributed by atoms with Crippen LogP contribution in [0.15, 0.2) is 11.2 Å². The molecule has 6 heavy (non-hydrogen) atoms. The molecule has 0 aliphatic carbocycles. The molecule has 0 N–H and O–H groups in total. The Morgan fingerprint density at radius 1 is 1.67 bits per heavy atom. The van der Waals surface area contributed by atoms with Gasteiger partial charge in [0.2, 0.25) is 5.10 Å². The molecular formula is C4H3N2+. The second-order valence-electron chi connectivity index (χ2n) is 0.842. The predicted molar refractivity (Wildman–Crippen MR) is 24.5 cm³/mol. The van der Waals surface area contributed by atoms with Crippen LogP contribution in [0.2, 0.25) is 0 Å². The van der Waals surface area contributed by atoms with Gasteiger partial charge in [-0.05, 0) is 6.08 Å². The van der Waals surface area contributed by atoms with Gasteiger partial charge in [0.25, 0.3) is 6.21 Å². The van der Waals surface area contributed by atoms with Crippen molar-refractivity contribution in [2.75, 3.05) is 0 Å². The lowest BCUT2D eigenvalue weighted by Crippen LogP contribution is -1.85. The molecule has 2 heteroatoms. The van der Waals surface area contributed by atoms with Gasteiger partial charge in [-0.15, -0.1) is 0 Å². The van der Waals surface area contributed by atoms with Crippen molar-refractivity contribution in [3.63, 3.8) is 0 Å². The van der Waals surface area contributed by atoms with Crippen molar-refractivity contribution < 1.29 is 0 Å². The normalized spacial score (nSPS) is 16.0. The third-order valence-corrected chi connectivity index (χ3v) is 0.436. The average molecular weight is 79.1 g/mol. The zero-order valence-electron chi connectivity index (χ0n) is 3.13. The highest BCUT2D eigenvalue weighted by Crippen LogP contribution is 1.64. The van der Waals surface area contributed by atoms with E-state index in [1.54, 1.807) is 12.3 Å². The molecule has 2 radical (unpaired) electrons. The Hall–Kier alpha value is -0.920. The third kappa shape index (κ3) is 0.516. The lowest BCUT2D eigenvalue weighted by atomic mass is 10.5. The van der Waals surface area contributed by atoms with E-state index in [4.69, 9.17) is 0 Å². The molecule has 0 bridgehead atoms. The molecule has 28 valence electrons. The number of rotatable bonds is 0. The van der Waals surface area contributed by atoms with E-state index in [1.165, 1.54) is 6.21 Å². The number of allylic oxidation sites excluding steroid dienone is 2. The molecule has 0 fully saturated rings. The van der Waals surface area contributed by atoms with Crippen molar-refractivity contribution in [1.82, 2.24) is 5.10 Å². The van der Waals surface area contributed by atoms with Crippen LogP contribution in [0.25, 0.3) is 0 Å². The van der Waals surface area contributed by atoms with E-state index < -0.39 is 0 Å². The zero-order chi connectivity index (χ0) is 4.24. The standard InChI is InChI=1S/C4H3N2/c1-2-4-6-5-3-1/h1,3-4H/q+1. The number of hydrogen-bond acceptors (Lipinski definition) is 2. The van der Waals surface area contributed by atoms with E-state index in [1.807, 2.05) is 0 Å². The SMILES string of the molecule is [C]1=CC=N[N+]=C1. The first kappa shape index (κ1) is 3.28. The first-order chi connectivity index (χ1) is 3.00. The Morgan fingerprint density at radius 2 is 2.67 bits per heavy atom. The number of nitrogens with zero attached hydrogens (tertiary/aromatic N) is 2. The maximum atomic E-state index is 3.50. The summed E-state index contributed by atoms with van der Waals surface area (Å²) in [5.74, 6) is 0. The second-order valence-corrected chi connectivity index (χ2v) is 0.842. The van der Waals surface area contributed by atoms with Gasteiger partial charge in [-0.1, -0.05) is 0 Å². The summed E-state index contributed by atoms with van der Waals surface area (Å²) in [5, 5.41) is 6.98. The van der Waals surface area contributed by atoms with E-state index in [0.717, 1.165) is 0 Å². The van der Waals surface area contributed by atoms with Gasteiger partial charge in [0.1, 0.15) is 6.21 Å². The Labute approximate surface area is 35.9 Å². The first-order valence-electron chi connectivity index (χ1n) is 1.63. The molecule has 2 nitrogen and oxygen atoms in total. The van der Waals surface area contributed by atoms with Crippen molar-refractivity contribution in [1.29, 1.82) is 0 Å². The highest BCUT2D eigenvalue weighted by Gasteiger charge is 1.83. The van der Waals surface area contributed by atoms with Crippen molar-refractivity contribution >= 4 is 12.4 Å². The zero-order valence-corrected chi connectivity index (χ0v) is 3.13. The molecule has 0 saturated heterocycles. The molecule has 0 aromatic heterocycles. The molecule has 0 unspecified atom stereocenters. The topological polar surface area (TPSA) is 26.5 Å². The molecule has 1 aliphatic heterocycles. The van der Waals surface area contributed by atoms with Gasteiger partial charge in [0.15, 0.2) is 0 Å². The van der Waals surface area contributed by atoms with Crippen LogP contribution in [-0.2, 0) is 0 Å². The Bertz CT molecular complexity index is 74.9. The summed E-state index contributed by atoms with van der Waals surface area (Å²) in [6.07, 6.45) is 7.52. The molecule has 1 rings (SSSR count). The van der Waals surface area contributed by atoms with E-state index in [0.29, 0.717) is 0 Å². The van der Waals surface area contributed by atoms with Crippen molar-refractivity contribution in [2.24, 2.45) is 5.10 Å². The van der Waals surface area contributed by atoms with Crippen molar-refractivity contribution in [3.05, 3.63) is 12.2 Å². The van der Waals surface area contributed by atoms with E-state index in [2.05, 4.69) is 16.3 Å². The minimum absolute atomic E-state index is 1.51. The van der Waals surface area contributed by atoms with Gasteiger partial charge < -0.3 is 0 Å². The summed E-state index contributed by atoms with van der Waals surface area (Å²) in [4.78, 5) is 0. The summed E-state index contributed by atoms with van der Waals surface area (Å²) in [7, 11) is 0. The van der Waals surface area contributed by atoms with Gasteiger partial charge in [-0.25, -0.2) is 0 Å². The van der Waals surface area contributed by atoms with Crippen LogP contribution in [0.5, 0.6) is 0 Å². The molecule has 0 amide bonds. The fraction of sp³-hybridized carbons (Fsp3) is 0. The fourth-order valence-electron chi connectivity index (χ4n) is 0.225. The highest BCUT2D eigenvalue weighted by molar-refractivity contribution is 5.80. The Kier molecular flexibility index (Phi) is 0.819. The molecule has 0 spiro atoms. The highest BCUT2D eigenvalue weighted by atomic mass is 15.2. The maximum Gasteiger partial charge on any atom is 0.285 e. The Balaban J connectivity index is 2.77. The van der Waals surface area contributed by atoms with Crippen LogP contribution >= 0.6 is 0 Å². The van der Waals surface area contributed by atoms with Gasteiger partial charge in [0.05, 0.1) is 11.2 Å². The van der Waals surface area contributed by atoms with Gasteiger partial charge >= 0.3 is 0 Å². The lowest BCUT2D eigenvalue weighted by Gasteiger charge is -1.60. The monoisotopic (exact) mass is 79.0 g/mol. The van der Waals surface area contributed by atoms with Crippen LogP contribution in [-0.4, -0.2) is 12.4 Å². The van der Waals surface area contributed by atoms with Crippen molar-refractivity contribution in [2.45, 2.75) is 0 Å². The van der Waals surface area contributed by atoms with Gasteiger partial charge in [-0.2, -0.15) is 0 Å². The average Bonchev–Trinajstić information content (AvgIpc) is 1.72. The maximum absolute atomic E-state index is 3.50. The summed E-state index contributed by atoms with van der Waals surface area (Å²) >= 11 is 0. The lowest BCUT2D eigenvalue weighted by molar-refractivity contribution is 1.12. The van der Waals surface area contributed by atoms with Crippen LogP contribution in [0.3, 0.4) is 0 Å². The molecule has 0 atom stereocenters. The summed E-state index contributed by atoms with van der Waals surface area (Å²) in [6, 6.07) is 0. The molecule has 0 aromatic rings. The minimum Gasteiger partial charge on any atom is -0.0230 e. The van der Waals surface area contributed by atoms with Gasteiger partial charge in [-0.3, -0.25) is 0 Å². The Morgan fingerprint density at radius 3 is 2.83 bits per heavy atom. The summed E-state index contributed by atoms with van der Waals surface area (Å²) in [5.41, 5.74) is 0. The van der Waals surface area contributed by atoms with Crippen LogP contribution in [0.1, 0.15) is 0 Å². The summed E-state index contributed by atoms with van der Waals surface area (Å²) in [6.45, 7) is 0. The molecule has 1 heterocycles. The van der Waals surface area contributed by atoms with Crippen LogP contribution in [0, 0.1) is 6.08 Å². The molecule has 0 aromatic carbocycles. The quantitative estimate of drug-likeness (QED) is 0.383. The molecule has 1 aliphatic rings. The number of hydrogen-bond donors (Lipinski definition) is 0. The summed E-state index contributed by atoms with van der Waals surface area (Å²) < 4.78 is 0. The van der Waals surface area contributed by atoms with Crippen molar-refractivity contribution in [3.8, 4) is 0 Å². The minimum atomic E-state index is 1.51. The second kappa shape index (κ2) is 1.50. The van der Waals surface area contributed by atoms with Crippen LogP contribution in [0.4, 0.5) is 0 Å². The van der Waals surface area contributed by atoms with Crippen LogP contribution < -0.4 is 5.10 Å². The van der Waals surface area contributed by atoms with E-state index >= 15 is 0 Å². The molecular weight excluding hydrogens is 76.1 g/mol. The molecule has 0 saturated carbocycles. The van der Waals surface area contributed by atoms with E-state index in [-0.39, 0.29) is 0 Å². The fourth-order valence-corrected chi connectivity index (χ4v) is 0.225. The largest absolute Gasteiger partial charge is 0.285 e. The third-order valence-electron chi connectivity index (χ3n) is 0.436.